The molecule has 4 nitrogen and oxygen atoms in total. The Morgan fingerprint density at radius 3 is 2.22 bits per heavy atom. The topological polar surface area (TPSA) is 47.9 Å². The molecule has 0 saturated heterocycles. The molecule has 1 aromatic carbocycles. The van der Waals surface area contributed by atoms with E-state index in [9.17, 15) is 9.50 Å². The molecule has 1 fully saturated rings. The molecule has 0 aliphatic heterocycles. The second kappa shape index (κ2) is 4.65. The Balaban J connectivity index is 2.47. The Kier molecular flexibility index (Phi) is 3.34. The second-order valence-electron chi connectivity index (χ2n) is 4.52. The number of halogens is 1. The standard InChI is InChI=1S/C13H17FO4/c1-16-9-6-8(7-13(15)4-5-13)11(17-2)10(14)12(9)18-3/h6,15H,4-5,7H2,1-3H3. The number of rotatable bonds is 5. The van der Waals surface area contributed by atoms with E-state index in [1.165, 1.54) is 21.3 Å². The smallest absolute Gasteiger partial charge is 0.210 e. The summed E-state index contributed by atoms with van der Waals surface area (Å²) in [4.78, 5) is 0. The van der Waals surface area contributed by atoms with Gasteiger partial charge in [0.05, 0.1) is 26.9 Å². The van der Waals surface area contributed by atoms with Crippen molar-refractivity contribution in [1.29, 1.82) is 0 Å². The van der Waals surface area contributed by atoms with Crippen molar-refractivity contribution in [3.05, 3.63) is 17.4 Å². The molecule has 2 rings (SSSR count). The highest BCUT2D eigenvalue weighted by Gasteiger charge is 2.41. The predicted octanol–water partition coefficient (Wildman–Crippen LogP) is 1.92. The van der Waals surface area contributed by atoms with Gasteiger partial charge in [0.25, 0.3) is 0 Å². The maximum Gasteiger partial charge on any atom is 0.210 e. The van der Waals surface area contributed by atoms with Crippen LogP contribution in [-0.2, 0) is 6.42 Å². The summed E-state index contributed by atoms with van der Waals surface area (Å²) in [6, 6.07) is 1.65. The van der Waals surface area contributed by atoms with E-state index in [0.29, 0.717) is 17.7 Å². The van der Waals surface area contributed by atoms with Gasteiger partial charge in [-0.25, -0.2) is 0 Å². The molecule has 5 heteroatoms. The monoisotopic (exact) mass is 256 g/mol. The molecule has 0 spiro atoms. The Morgan fingerprint density at radius 2 is 1.78 bits per heavy atom. The zero-order chi connectivity index (χ0) is 13.3. The van der Waals surface area contributed by atoms with E-state index in [0.717, 1.165) is 12.8 Å². The van der Waals surface area contributed by atoms with E-state index in [2.05, 4.69) is 0 Å². The first-order chi connectivity index (χ1) is 8.54. The molecule has 0 radical (unpaired) electrons. The maximum atomic E-state index is 14.2. The summed E-state index contributed by atoms with van der Waals surface area (Å²) < 4.78 is 29.3. The molecule has 0 atom stereocenters. The van der Waals surface area contributed by atoms with E-state index in [1.54, 1.807) is 6.07 Å². The molecule has 0 bridgehead atoms. The van der Waals surface area contributed by atoms with Crippen molar-refractivity contribution >= 4 is 0 Å². The van der Waals surface area contributed by atoms with E-state index < -0.39 is 11.4 Å². The fraction of sp³-hybridized carbons (Fsp3) is 0.538. The van der Waals surface area contributed by atoms with Crippen LogP contribution in [0.25, 0.3) is 0 Å². The van der Waals surface area contributed by atoms with Crippen molar-refractivity contribution < 1.29 is 23.7 Å². The first kappa shape index (κ1) is 13.0. The minimum Gasteiger partial charge on any atom is -0.493 e. The van der Waals surface area contributed by atoms with Crippen LogP contribution in [0, 0.1) is 5.82 Å². The minimum atomic E-state index is -0.723. The van der Waals surface area contributed by atoms with Crippen molar-refractivity contribution in [3.63, 3.8) is 0 Å². The Bertz CT molecular complexity index is 455. The summed E-state index contributed by atoms with van der Waals surface area (Å²) in [6.45, 7) is 0. The van der Waals surface area contributed by atoms with E-state index >= 15 is 0 Å². The largest absolute Gasteiger partial charge is 0.493 e. The van der Waals surface area contributed by atoms with E-state index in [1.807, 2.05) is 0 Å². The molecular formula is C13H17FO4. The van der Waals surface area contributed by atoms with Gasteiger partial charge in [-0.2, -0.15) is 4.39 Å². The Hall–Kier alpha value is -1.49. The fourth-order valence-electron chi connectivity index (χ4n) is 2.01. The van der Waals surface area contributed by atoms with Crippen LogP contribution in [0.1, 0.15) is 18.4 Å². The number of ether oxygens (including phenoxy) is 3. The van der Waals surface area contributed by atoms with Gasteiger partial charge in [0.1, 0.15) is 0 Å². The lowest BCUT2D eigenvalue weighted by Gasteiger charge is -2.17. The van der Waals surface area contributed by atoms with Crippen molar-refractivity contribution in [3.8, 4) is 17.2 Å². The Labute approximate surface area is 105 Å². The molecule has 1 aromatic rings. The van der Waals surface area contributed by atoms with Crippen LogP contribution in [0.3, 0.4) is 0 Å². The highest BCUT2D eigenvalue weighted by molar-refractivity contribution is 5.52. The first-order valence-electron chi connectivity index (χ1n) is 5.74. The van der Waals surface area contributed by atoms with Crippen LogP contribution in [0.2, 0.25) is 0 Å². The summed E-state index contributed by atoms with van der Waals surface area (Å²) in [5.41, 5.74) is -0.132. The second-order valence-corrected chi connectivity index (χ2v) is 4.52. The van der Waals surface area contributed by atoms with Crippen molar-refractivity contribution in [2.45, 2.75) is 24.9 Å². The van der Waals surface area contributed by atoms with Crippen LogP contribution >= 0.6 is 0 Å². The normalized spacial score (nSPS) is 16.3. The van der Waals surface area contributed by atoms with Gasteiger partial charge in [0.2, 0.25) is 11.6 Å². The minimum absolute atomic E-state index is 0.0147. The predicted molar refractivity (Wildman–Crippen MR) is 63.9 cm³/mol. The molecule has 100 valence electrons. The lowest BCUT2D eigenvalue weighted by atomic mass is 10.0. The fourth-order valence-corrected chi connectivity index (χ4v) is 2.01. The zero-order valence-electron chi connectivity index (χ0n) is 10.7. The summed E-state index contributed by atoms with van der Waals surface area (Å²) >= 11 is 0. The quantitative estimate of drug-likeness (QED) is 0.874. The van der Waals surface area contributed by atoms with Gasteiger partial charge in [-0.05, 0) is 18.9 Å². The van der Waals surface area contributed by atoms with Crippen LogP contribution in [0.15, 0.2) is 6.07 Å². The molecule has 1 aliphatic rings. The lowest BCUT2D eigenvalue weighted by Crippen LogP contribution is -2.13. The van der Waals surface area contributed by atoms with Crippen molar-refractivity contribution in [2.24, 2.45) is 0 Å². The van der Waals surface area contributed by atoms with Gasteiger partial charge in [0, 0.05) is 12.0 Å². The van der Waals surface area contributed by atoms with Gasteiger partial charge in [0.15, 0.2) is 11.5 Å². The van der Waals surface area contributed by atoms with E-state index in [4.69, 9.17) is 14.2 Å². The van der Waals surface area contributed by atoms with Gasteiger partial charge >= 0.3 is 0 Å². The molecule has 18 heavy (non-hydrogen) atoms. The van der Waals surface area contributed by atoms with Gasteiger partial charge in [-0.15, -0.1) is 0 Å². The van der Waals surface area contributed by atoms with Gasteiger partial charge < -0.3 is 19.3 Å². The highest BCUT2D eigenvalue weighted by atomic mass is 19.1. The summed E-state index contributed by atoms with van der Waals surface area (Å²) in [5.74, 6) is -0.178. The summed E-state index contributed by atoms with van der Waals surface area (Å²) in [7, 11) is 4.21. The lowest BCUT2D eigenvalue weighted by molar-refractivity contribution is 0.149. The van der Waals surface area contributed by atoms with Gasteiger partial charge in [-0.1, -0.05) is 0 Å². The molecule has 0 unspecified atom stereocenters. The third-order valence-corrected chi connectivity index (χ3v) is 3.19. The summed E-state index contributed by atoms with van der Waals surface area (Å²) in [6.07, 6.45) is 1.81. The number of aliphatic hydroxyl groups is 1. The van der Waals surface area contributed by atoms with Gasteiger partial charge in [-0.3, -0.25) is 0 Å². The molecule has 0 aromatic heterocycles. The number of hydrogen-bond donors (Lipinski definition) is 1. The van der Waals surface area contributed by atoms with Crippen molar-refractivity contribution in [2.75, 3.05) is 21.3 Å². The zero-order valence-corrected chi connectivity index (χ0v) is 10.7. The average molecular weight is 256 g/mol. The van der Waals surface area contributed by atoms with Crippen LogP contribution in [0.5, 0.6) is 17.2 Å². The third-order valence-electron chi connectivity index (χ3n) is 3.19. The first-order valence-corrected chi connectivity index (χ1v) is 5.74. The van der Waals surface area contributed by atoms with Crippen LogP contribution < -0.4 is 14.2 Å². The number of methoxy groups -OCH3 is 3. The number of hydrogen-bond acceptors (Lipinski definition) is 4. The molecular weight excluding hydrogens is 239 g/mol. The number of benzene rings is 1. The van der Waals surface area contributed by atoms with Crippen molar-refractivity contribution in [1.82, 2.24) is 0 Å². The molecule has 1 N–H and O–H groups in total. The third kappa shape index (κ3) is 2.22. The van der Waals surface area contributed by atoms with E-state index in [-0.39, 0.29) is 11.5 Å². The molecule has 0 heterocycles. The average Bonchev–Trinajstić information content (AvgIpc) is 3.06. The van der Waals surface area contributed by atoms with Crippen LogP contribution in [-0.4, -0.2) is 32.0 Å². The van der Waals surface area contributed by atoms with Crippen LogP contribution in [0.4, 0.5) is 4.39 Å². The Morgan fingerprint density at radius 1 is 1.17 bits per heavy atom. The molecule has 1 saturated carbocycles. The summed E-state index contributed by atoms with van der Waals surface area (Å²) in [5, 5.41) is 9.93. The SMILES string of the molecule is COc1cc(CC2(O)CC2)c(OC)c(F)c1OC. The molecule has 1 aliphatic carbocycles. The highest BCUT2D eigenvalue weighted by Crippen LogP contribution is 2.44. The molecule has 0 amide bonds. The maximum absolute atomic E-state index is 14.2.